The van der Waals surface area contributed by atoms with Crippen molar-refractivity contribution in [1.82, 2.24) is 10.6 Å². The van der Waals surface area contributed by atoms with E-state index in [0.717, 1.165) is 24.6 Å². The molecule has 18 heavy (non-hydrogen) atoms. The summed E-state index contributed by atoms with van der Waals surface area (Å²) in [7, 11) is 0. The molecule has 2 rings (SSSR count). The highest BCUT2D eigenvalue weighted by Gasteiger charge is 2.27. The second-order valence-corrected chi connectivity index (χ2v) is 6.61. The van der Waals surface area contributed by atoms with Gasteiger partial charge in [0.05, 0.1) is 13.2 Å². The number of hydrogen-bond acceptors (Lipinski definition) is 4. The Kier molecular flexibility index (Phi) is 5.79. The smallest absolute Gasteiger partial charge is 0.239 e. The van der Waals surface area contributed by atoms with Crippen molar-refractivity contribution in [2.24, 2.45) is 0 Å². The molecule has 3 atom stereocenters. The highest BCUT2D eigenvalue weighted by atomic mass is 32.2. The fourth-order valence-electron chi connectivity index (χ4n) is 2.70. The zero-order valence-electron chi connectivity index (χ0n) is 11.1. The van der Waals surface area contributed by atoms with Gasteiger partial charge in [0.25, 0.3) is 0 Å². The SMILES string of the molecule is CCSC1CCCC(NC(=O)C2COCCN2)C1. The quantitative estimate of drug-likeness (QED) is 0.806. The van der Waals surface area contributed by atoms with Crippen molar-refractivity contribution in [3.63, 3.8) is 0 Å². The van der Waals surface area contributed by atoms with Crippen LogP contribution in [0.25, 0.3) is 0 Å². The molecule has 0 aromatic carbocycles. The van der Waals surface area contributed by atoms with Crippen LogP contribution in [-0.2, 0) is 9.53 Å². The fourth-order valence-corrected chi connectivity index (χ4v) is 3.87. The van der Waals surface area contributed by atoms with Gasteiger partial charge in [-0.25, -0.2) is 0 Å². The molecule has 0 radical (unpaired) electrons. The molecule has 1 aliphatic heterocycles. The summed E-state index contributed by atoms with van der Waals surface area (Å²) in [4.78, 5) is 12.1. The van der Waals surface area contributed by atoms with Crippen LogP contribution in [0, 0.1) is 0 Å². The molecule has 1 saturated heterocycles. The van der Waals surface area contributed by atoms with Crippen LogP contribution in [0.3, 0.4) is 0 Å². The minimum Gasteiger partial charge on any atom is -0.378 e. The first-order chi connectivity index (χ1) is 8.79. The number of hydrogen-bond donors (Lipinski definition) is 2. The first kappa shape index (κ1) is 14.2. The Labute approximate surface area is 114 Å². The number of carbonyl (C=O) groups excluding carboxylic acids is 1. The molecule has 0 aromatic rings. The van der Waals surface area contributed by atoms with Crippen LogP contribution < -0.4 is 10.6 Å². The summed E-state index contributed by atoms with van der Waals surface area (Å²) in [6.07, 6.45) is 4.78. The molecule has 4 nitrogen and oxygen atoms in total. The Bertz CT molecular complexity index is 268. The lowest BCUT2D eigenvalue weighted by Crippen LogP contribution is -2.54. The van der Waals surface area contributed by atoms with Gasteiger partial charge in [-0.1, -0.05) is 13.3 Å². The number of ether oxygens (including phenoxy) is 1. The molecule has 0 aromatic heterocycles. The van der Waals surface area contributed by atoms with Crippen molar-refractivity contribution in [1.29, 1.82) is 0 Å². The summed E-state index contributed by atoms with van der Waals surface area (Å²) in [5.74, 6) is 1.28. The minimum absolute atomic E-state index is 0.113. The Morgan fingerprint density at radius 1 is 1.50 bits per heavy atom. The molecule has 2 N–H and O–H groups in total. The molecule has 5 heteroatoms. The molecule has 1 amide bonds. The van der Waals surface area contributed by atoms with E-state index in [2.05, 4.69) is 17.6 Å². The van der Waals surface area contributed by atoms with Crippen molar-refractivity contribution < 1.29 is 9.53 Å². The first-order valence-corrected chi connectivity index (χ1v) is 8.07. The van der Waals surface area contributed by atoms with E-state index in [0.29, 0.717) is 19.3 Å². The second kappa shape index (κ2) is 7.36. The van der Waals surface area contributed by atoms with Crippen LogP contribution in [0.5, 0.6) is 0 Å². The molecule has 104 valence electrons. The molecule has 0 bridgehead atoms. The summed E-state index contributed by atoms with van der Waals surface area (Å²) in [6.45, 7) is 4.20. The first-order valence-electron chi connectivity index (χ1n) is 7.02. The van der Waals surface area contributed by atoms with Gasteiger partial charge in [-0.05, 0) is 25.0 Å². The predicted octanol–water partition coefficient (Wildman–Crippen LogP) is 1.16. The van der Waals surface area contributed by atoms with Gasteiger partial charge in [0.2, 0.25) is 5.91 Å². The van der Waals surface area contributed by atoms with Gasteiger partial charge in [-0.2, -0.15) is 11.8 Å². The van der Waals surface area contributed by atoms with Crippen LogP contribution >= 0.6 is 11.8 Å². The van der Waals surface area contributed by atoms with E-state index in [-0.39, 0.29) is 11.9 Å². The Balaban J connectivity index is 1.75. The number of nitrogens with one attached hydrogen (secondary N) is 2. The molecule has 2 fully saturated rings. The molecule has 1 aliphatic carbocycles. The maximum Gasteiger partial charge on any atom is 0.239 e. The number of amides is 1. The van der Waals surface area contributed by atoms with Crippen molar-refractivity contribution in [2.45, 2.75) is 49.9 Å². The number of rotatable bonds is 4. The van der Waals surface area contributed by atoms with Crippen LogP contribution in [0.15, 0.2) is 0 Å². The van der Waals surface area contributed by atoms with E-state index in [9.17, 15) is 4.79 Å². The van der Waals surface area contributed by atoms with Crippen LogP contribution in [-0.4, -0.2) is 48.8 Å². The van der Waals surface area contributed by atoms with E-state index >= 15 is 0 Å². The van der Waals surface area contributed by atoms with E-state index in [1.165, 1.54) is 18.6 Å². The topological polar surface area (TPSA) is 50.4 Å². The third kappa shape index (κ3) is 4.14. The lowest BCUT2D eigenvalue weighted by molar-refractivity contribution is -0.126. The second-order valence-electron chi connectivity index (χ2n) is 5.03. The number of morpholine rings is 1. The summed E-state index contributed by atoms with van der Waals surface area (Å²) >= 11 is 2.03. The van der Waals surface area contributed by atoms with Crippen molar-refractivity contribution in [3.05, 3.63) is 0 Å². The highest BCUT2D eigenvalue weighted by molar-refractivity contribution is 7.99. The van der Waals surface area contributed by atoms with Gasteiger partial charge in [0, 0.05) is 17.8 Å². The highest BCUT2D eigenvalue weighted by Crippen LogP contribution is 2.28. The summed E-state index contributed by atoms with van der Waals surface area (Å²) in [5, 5.41) is 7.11. The van der Waals surface area contributed by atoms with Gasteiger partial charge >= 0.3 is 0 Å². The molecule has 0 spiro atoms. The lowest BCUT2D eigenvalue weighted by Gasteiger charge is -2.31. The van der Waals surface area contributed by atoms with Gasteiger partial charge in [0.1, 0.15) is 6.04 Å². The van der Waals surface area contributed by atoms with E-state index in [1.807, 2.05) is 11.8 Å². The molecule has 3 unspecified atom stereocenters. The van der Waals surface area contributed by atoms with E-state index < -0.39 is 0 Å². The summed E-state index contributed by atoms with van der Waals surface area (Å²) < 4.78 is 5.32. The predicted molar refractivity (Wildman–Crippen MR) is 74.9 cm³/mol. The lowest BCUT2D eigenvalue weighted by atomic mass is 9.94. The summed E-state index contributed by atoms with van der Waals surface area (Å²) in [5.41, 5.74) is 0. The van der Waals surface area contributed by atoms with Gasteiger partial charge in [-0.3, -0.25) is 4.79 Å². The molecular formula is C13H24N2O2S. The third-order valence-electron chi connectivity index (χ3n) is 3.61. The van der Waals surface area contributed by atoms with Gasteiger partial charge in [-0.15, -0.1) is 0 Å². The molecule has 1 heterocycles. The Morgan fingerprint density at radius 3 is 3.11 bits per heavy atom. The van der Waals surface area contributed by atoms with Crippen molar-refractivity contribution in [3.8, 4) is 0 Å². The zero-order chi connectivity index (χ0) is 12.8. The van der Waals surface area contributed by atoms with Crippen LogP contribution in [0.4, 0.5) is 0 Å². The summed E-state index contributed by atoms with van der Waals surface area (Å²) in [6, 6.07) is 0.206. The maximum atomic E-state index is 12.1. The average molecular weight is 272 g/mol. The number of thioether (sulfide) groups is 1. The monoisotopic (exact) mass is 272 g/mol. The minimum atomic E-state index is -0.155. The fraction of sp³-hybridized carbons (Fsp3) is 0.923. The Hall–Kier alpha value is -0.260. The van der Waals surface area contributed by atoms with E-state index in [1.54, 1.807) is 0 Å². The van der Waals surface area contributed by atoms with Gasteiger partial charge < -0.3 is 15.4 Å². The van der Waals surface area contributed by atoms with Crippen LogP contribution in [0.2, 0.25) is 0 Å². The standard InChI is InChI=1S/C13H24N2O2S/c1-2-18-11-5-3-4-10(8-11)15-13(16)12-9-17-7-6-14-12/h10-12,14H,2-9H2,1H3,(H,15,16). The average Bonchev–Trinajstić information content (AvgIpc) is 2.40. The molecule has 1 saturated carbocycles. The number of carbonyl (C=O) groups is 1. The Morgan fingerprint density at radius 2 is 2.39 bits per heavy atom. The van der Waals surface area contributed by atoms with E-state index in [4.69, 9.17) is 4.74 Å². The zero-order valence-corrected chi connectivity index (χ0v) is 11.9. The van der Waals surface area contributed by atoms with Gasteiger partial charge in [0.15, 0.2) is 0 Å². The largest absolute Gasteiger partial charge is 0.378 e. The molecular weight excluding hydrogens is 248 g/mol. The van der Waals surface area contributed by atoms with Crippen LogP contribution in [0.1, 0.15) is 32.6 Å². The van der Waals surface area contributed by atoms with Crippen molar-refractivity contribution in [2.75, 3.05) is 25.5 Å². The third-order valence-corrected chi connectivity index (χ3v) is 4.85. The molecule has 2 aliphatic rings. The normalized spacial score (nSPS) is 33.1. The van der Waals surface area contributed by atoms with Crippen molar-refractivity contribution >= 4 is 17.7 Å². The maximum absolute atomic E-state index is 12.1.